The molecule has 0 aromatic carbocycles. The van der Waals surface area contributed by atoms with Crippen molar-refractivity contribution >= 4 is 0 Å². The minimum atomic E-state index is -0.155. The number of rotatable bonds is 3. The normalized spacial score (nSPS) is 25.1. The number of hydrogen-bond donors (Lipinski definition) is 1. The molecule has 2 rings (SSSR count). The Labute approximate surface area is 103 Å². The molecule has 0 aliphatic carbocycles. The van der Waals surface area contributed by atoms with Crippen molar-refractivity contribution in [3.05, 3.63) is 18.0 Å². The zero-order valence-corrected chi connectivity index (χ0v) is 11.1. The summed E-state index contributed by atoms with van der Waals surface area (Å²) >= 11 is 0. The van der Waals surface area contributed by atoms with E-state index in [2.05, 4.69) is 30.0 Å². The molecule has 1 aliphatic heterocycles. The number of aliphatic hydroxyl groups excluding tert-OH is 1. The van der Waals surface area contributed by atoms with Crippen LogP contribution in [0.25, 0.3) is 0 Å². The average molecular weight is 237 g/mol. The highest BCUT2D eigenvalue weighted by Gasteiger charge is 2.34. The van der Waals surface area contributed by atoms with Gasteiger partial charge in [-0.25, -0.2) is 0 Å². The Morgan fingerprint density at radius 3 is 2.88 bits per heavy atom. The highest BCUT2D eigenvalue weighted by molar-refractivity contribution is 5.04. The second kappa shape index (κ2) is 4.78. The molecule has 17 heavy (non-hydrogen) atoms. The first kappa shape index (κ1) is 12.6. The van der Waals surface area contributed by atoms with E-state index in [1.54, 1.807) is 0 Å². The molecule has 0 saturated carbocycles. The van der Waals surface area contributed by atoms with Crippen LogP contribution in [0.4, 0.5) is 0 Å². The van der Waals surface area contributed by atoms with Gasteiger partial charge in [0.1, 0.15) is 0 Å². The van der Waals surface area contributed by atoms with E-state index in [4.69, 9.17) is 0 Å². The second-order valence-corrected chi connectivity index (χ2v) is 5.84. The number of hydrogen-bond acceptors (Lipinski definition) is 3. The van der Waals surface area contributed by atoms with E-state index in [1.165, 1.54) is 5.56 Å². The second-order valence-electron chi connectivity index (χ2n) is 5.84. The molecule has 0 radical (unpaired) electrons. The van der Waals surface area contributed by atoms with Crippen molar-refractivity contribution in [3.8, 4) is 0 Å². The molecule has 1 saturated heterocycles. The smallest absolute Gasteiger partial charge is 0.0615 e. The molecule has 1 aromatic heterocycles. The number of piperidine rings is 1. The molecule has 1 N–H and O–H groups in total. The first-order chi connectivity index (χ1) is 7.97. The predicted octanol–water partition coefficient (Wildman–Crippen LogP) is 1.06. The molecule has 0 spiro atoms. The number of aliphatic hydroxyl groups is 1. The topological polar surface area (TPSA) is 41.3 Å². The third-order valence-electron chi connectivity index (χ3n) is 3.73. The van der Waals surface area contributed by atoms with Gasteiger partial charge in [-0.1, -0.05) is 13.8 Å². The van der Waals surface area contributed by atoms with E-state index in [0.717, 1.165) is 32.5 Å². The lowest BCUT2D eigenvalue weighted by molar-refractivity contribution is -0.0239. The van der Waals surface area contributed by atoms with Gasteiger partial charge in [0.2, 0.25) is 0 Å². The van der Waals surface area contributed by atoms with E-state index in [9.17, 15) is 5.11 Å². The first-order valence-corrected chi connectivity index (χ1v) is 6.35. The summed E-state index contributed by atoms with van der Waals surface area (Å²) in [5.74, 6) is 0. The standard InChI is InChI=1S/C13H23N3O/c1-13(2)10-16(7-5-12(13)17)6-4-11-8-14-15(3)9-11/h8-9,12,17H,4-7,10H2,1-3H3. The van der Waals surface area contributed by atoms with Gasteiger partial charge in [-0.3, -0.25) is 4.68 Å². The van der Waals surface area contributed by atoms with E-state index < -0.39 is 0 Å². The summed E-state index contributed by atoms with van der Waals surface area (Å²) in [6.45, 7) is 7.34. The van der Waals surface area contributed by atoms with E-state index in [-0.39, 0.29) is 11.5 Å². The van der Waals surface area contributed by atoms with Crippen LogP contribution >= 0.6 is 0 Å². The van der Waals surface area contributed by atoms with Crippen molar-refractivity contribution in [2.45, 2.75) is 32.8 Å². The van der Waals surface area contributed by atoms with Crippen LogP contribution in [0.5, 0.6) is 0 Å². The summed E-state index contributed by atoms with van der Waals surface area (Å²) in [6, 6.07) is 0. The molecule has 1 fully saturated rings. The zero-order valence-electron chi connectivity index (χ0n) is 11.1. The molecule has 1 aliphatic rings. The summed E-state index contributed by atoms with van der Waals surface area (Å²) in [5, 5.41) is 14.1. The van der Waals surface area contributed by atoms with Gasteiger partial charge in [0.25, 0.3) is 0 Å². The molecule has 0 bridgehead atoms. The third-order valence-corrected chi connectivity index (χ3v) is 3.73. The van der Waals surface area contributed by atoms with Crippen LogP contribution in [-0.2, 0) is 13.5 Å². The first-order valence-electron chi connectivity index (χ1n) is 6.35. The molecule has 2 heterocycles. The maximum atomic E-state index is 9.90. The molecule has 4 nitrogen and oxygen atoms in total. The van der Waals surface area contributed by atoms with Crippen LogP contribution in [0.15, 0.2) is 12.4 Å². The zero-order chi connectivity index (χ0) is 12.5. The Balaban J connectivity index is 1.84. The average Bonchev–Trinajstić information content (AvgIpc) is 2.66. The largest absolute Gasteiger partial charge is 0.392 e. The van der Waals surface area contributed by atoms with E-state index >= 15 is 0 Å². The van der Waals surface area contributed by atoms with Gasteiger partial charge in [-0.05, 0) is 18.4 Å². The maximum absolute atomic E-state index is 9.90. The van der Waals surface area contributed by atoms with Crippen LogP contribution in [0.3, 0.4) is 0 Å². The van der Waals surface area contributed by atoms with Crippen LogP contribution in [-0.4, -0.2) is 45.5 Å². The fourth-order valence-electron chi connectivity index (χ4n) is 2.54. The number of aryl methyl sites for hydroxylation is 1. The number of aromatic nitrogens is 2. The molecular weight excluding hydrogens is 214 g/mol. The monoisotopic (exact) mass is 237 g/mol. The highest BCUT2D eigenvalue weighted by Crippen LogP contribution is 2.28. The van der Waals surface area contributed by atoms with Gasteiger partial charge in [0.05, 0.1) is 12.3 Å². The Morgan fingerprint density at radius 2 is 2.29 bits per heavy atom. The van der Waals surface area contributed by atoms with Gasteiger partial charge >= 0.3 is 0 Å². The van der Waals surface area contributed by atoms with Crippen molar-refractivity contribution in [1.82, 2.24) is 14.7 Å². The Hall–Kier alpha value is -0.870. The SMILES string of the molecule is Cn1cc(CCN2CCC(O)C(C)(C)C2)cn1. The molecule has 1 unspecified atom stereocenters. The molecule has 0 amide bonds. The molecule has 96 valence electrons. The molecule has 4 heteroatoms. The fourth-order valence-corrected chi connectivity index (χ4v) is 2.54. The van der Waals surface area contributed by atoms with Crippen molar-refractivity contribution in [3.63, 3.8) is 0 Å². The van der Waals surface area contributed by atoms with Gasteiger partial charge in [0, 0.05) is 38.3 Å². The minimum Gasteiger partial charge on any atom is -0.392 e. The Kier molecular flexibility index (Phi) is 3.54. The summed E-state index contributed by atoms with van der Waals surface area (Å²) < 4.78 is 1.85. The number of nitrogens with zero attached hydrogens (tertiary/aromatic N) is 3. The molecular formula is C13H23N3O. The summed E-state index contributed by atoms with van der Waals surface area (Å²) in [7, 11) is 1.95. The quantitative estimate of drug-likeness (QED) is 0.854. The molecule has 1 aromatic rings. The highest BCUT2D eigenvalue weighted by atomic mass is 16.3. The van der Waals surface area contributed by atoms with Crippen LogP contribution in [0.2, 0.25) is 0 Å². The third kappa shape index (κ3) is 3.07. The Bertz CT molecular complexity index is 372. The van der Waals surface area contributed by atoms with Gasteiger partial charge in [0.15, 0.2) is 0 Å². The van der Waals surface area contributed by atoms with Gasteiger partial charge < -0.3 is 10.0 Å². The predicted molar refractivity (Wildman–Crippen MR) is 67.8 cm³/mol. The van der Waals surface area contributed by atoms with E-state index in [1.807, 2.05) is 17.9 Å². The number of likely N-dealkylation sites (tertiary alicyclic amines) is 1. The lowest BCUT2D eigenvalue weighted by Gasteiger charge is -2.41. The van der Waals surface area contributed by atoms with Crippen molar-refractivity contribution in [1.29, 1.82) is 0 Å². The maximum Gasteiger partial charge on any atom is 0.0615 e. The fraction of sp³-hybridized carbons (Fsp3) is 0.769. The van der Waals surface area contributed by atoms with Crippen molar-refractivity contribution < 1.29 is 5.11 Å². The lowest BCUT2D eigenvalue weighted by Crippen LogP contribution is -2.49. The molecule has 1 atom stereocenters. The van der Waals surface area contributed by atoms with E-state index in [0.29, 0.717) is 0 Å². The summed E-state index contributed by atoms with van der Waals surface area (Å²) in [5.41, 5.74) is 1.31. The van der Waals surface area contributed by atoms with Gasteiger partial charge in [-0.15, -0.1) is 0 Å². The summed E-state index contributed by atoms with van der Waals surface area (Å²) in [6.07, 6.45) is 5.78. The van der Waals surface area contributed by atoms with Crippen LogP contribution < -0.4 is 0 Å². The van der Waals surface area contributed by atoms with Crippen molar-refractivity contribution in [2.24, 2.45) is 12.5 Å². The summed E-state index contributed by atoms with van der Waals surface area (Å²) in [4.78, 5) is 2.44. The lowest BCUT2D eigenvalue weighted by atomic mass is 9.81. The van der Waals surface area contributed by atoms with Crippen molar-refractivity contribution in [2.75, 3.05) is 19.6 Å². The minimum absolute atomic E-state index is 0.0210. The van der Waals surface area contributed by atoms with Crippen LogP contribution in [0.1, 0.15) is 25.8 Å². The van der Waals surface area contributed by atoms with Gasteiger partial charge in [-0.2, -0.15) is 5.10 Å². The van der Waals surface area contributed by atoms with Crippen LogP contribution in [0, 0.1) is 5.41 Å². The Morgan fingerprint density at radius 1 is 1.53 bits per heavy atom.